The van der Waals surface area contributed by atoms with Crippen LogP contribution >= 0.6 is 0 Å². The van der Waals surface area contributed by atoms with Crippen LogP contribution in [-0.2, 0) is 16.0 Å². The van der Waals surface area contributed by atoms with Gasteiger partial charge in [0.2, 0.25) is 11.8 Å². The van der Waals surface area contributed by atoms with Crippen molar-refractivity contribution in [2.45, 2.75) is 27.2 Å². The normalized spacial score (nSPS) is 10.3. The fourth-order valence-electron chi connectivity index (χ4n) is 2.64. The summed E-state index contributed by atoms with van der Waals surface area (Å²) in [6.45, 7) is 5.15. The van der Waals surface area contributed by atoms with Crippen molar-refractivity contribution in [3.05, 3.63) is 59.4 Å². The Hall–Kier alpha value is -2.69. The molecule has 0 aliphatic rings. The highest BCUT2D eigenvalue weighted by atomic mass is 19.1. The van der Waals surface area contributed by atoms with Gasteiger partial charge in [0.15, 0.2) is 0 Å². The highest BCUT2D eigenvalue weighted by Gasteiger charge is 2.20. The van der Waals surface area contributed by atoms with Crippen LogP contribution in [0.1, 0.15) is 25.0 Å². The van der Waals surface area contributed by atoms with E-state index in [-0.39, 0.29) is 18.1 Å². The van der Waals surface area contributed by atoms with E-state index in [1.165, 1.54) is 24.0 Å². The molecule has 0 saturated heterocycles. The first-order valence-corrected chi connectivity index (χ1v) is 7.85. The van der Waals surface area contributed by atoms with E-state index in [9.17, 15) is 14.0 Å². The molecule has 0 aromatic heterocycles. The van der Waals surface area contributed by atoms with E-state index >= 15 is 0 Å². The van der Waals surface area contributed by atoms with E-state index in [1.54, 1.807) is 12.1 Å². The van der Waals surface area contributed by atoms with Gasteiger partial charge in [0, 0.05) is 6.92 Å². The highest BCUT2D eigenvalue weighted by molar-refractivity contribution is 6.02. The number of halogens is 1. The van der Waals surface area contributed by atoms with Crippen molar-refractivity contribution in [1.82, 2.24) is 0 Å². The van der Waals surface area contributed by atoms with Crippen LogP contribution in [0, 0.1) is 12.7 Å². The number of para-hydroxylation sites is 2. The molecule has 0 fully saturated rings. The number of nitrogens with one attached hydrogen (secondary N) is 1. The molecule has 0 aliphatic carbocycles. The number of anilines is 2. The molecule has 2 aromatic rings. The zero-order chi connectivity index (χ0) is 17.7. The monoisotopic (exact) mass is 328 g/mol. The van der Waals surface area contributed by atoms with E-state index < -0.39 is 11.7 Å². The number of aryl methyl sites for hydroxylation is 2. The summed E-state index contributed by atoms with van der Waals surface area (Å²) in [5.74, 6) is -1.19. The molecule has 0 aliphatic heterocycles. The van der Waals surface area contributed by atoms with Crippen LogP contribution in [0.2, 0.25) is 0 Å². The number of rotatable bonds is 5. The Morgan fingerprint density at radius 1 is 1.12 bits per heavy atom. The predicted molar refractivity (Wildman–Crippen MR) is 93.6 cm³/mol. The van der Waals surface area contributed by atoms with Crippen LogP contribution in [0.25, 0.3) is 0 Å². The van der Waals surface area contributed by atoms with Crippen LogP contribution in [0.3, 0.4) is 0 Å². The molecule has 0 saturated carbocycles. The number of nitrogens with zero attached hydrogens (tertiary/aromatic N) is 1. The lowest BCUT2D eigenvalue weighted by atomic mass is 10.0. The Balaban J connectivity index is 2.25. The first-order chi connectivity index (χ1) is 11.4. The summed E-state index contributed by atoms with van der Waals surface area (Å²) in [4.78, 5) is 25.8. The van der Waals surface area contributed by atoms with Gasteiger partial charge in [-0.2, -0.15) is 0 Å². The molecule has 0 spiro atoms. The molecule has 0 atom stereocenters. The largest absolute Gasteiger partial charge is 0.322 e. The molecule has 4 nitrogen and oxygen atoms in total. The van der Waals surface area contributed by atoms with Gasteiger partial charge in [0.1, 0.15) is 12.4 Å². The van der Waals surface area contributed by atoms with Gasteiger partial charge in [-0.3, -0.25) is 9.59 Å². The minimum absolute atomic E-state index is 0.103. The maximum atomic E-state index is 13.7. The van der Waals surface area contributed by atoms with E-state index in [0.717, 1.165) is 23.2 Å². The van der Waals surface area contributed by atoms with Crippen molar-refractivity contribution in [3.8, 4) is 0 Å². The summed E-state index contributed by atoms with van der Waals surface area (Å²) in [6, 6.07) is 11.7. The molecule has 0 radical (unpaired) electrons. The lowest BCUT2D eigenvalue weighted by molar-refractivity contribution is -0.120. The van der Waals surface area contributed by atoms with Crippen molar-refractivity contribution < 1.29 is 14.0 Å². The zero-order valence-electron chi connectivity index (χ0n) is 14.1. The average Bonchev–Trinajstić information content (AvgIpc) is 2.54. The number of hydrogen-bond donors (Lipinski definition) is 1. The summed E-state index contributed by atoms with van der Waals surface area (Å²) >= 11 is 0. The number of carbonyl (C=O) groups excluding carboxylic acids is 2. The fourth-order valence-corrected chi connectivity index (χ4v) is 2.64. The zero-order valence-corrected chi connectivity index (χ0v) is 14.1. The molecule has 2 amide bonds. The summed E-state index contributed by atoms with van der Waals surface area (Å²) in [5, 5.41) is 2.51. The number of amides is 2. The minimum atomic E-state index is -0.509. The maximum Gasteiger partial charge on any atom is 0.244 e. The quantitative estimate of drug-likeness (QED) is 0.910. The molecule has 5 heteroatoms. The lowest BCUT2D eigenvalue weighted by Crippen LogP contribution is -2.37. The predicted octanol–water partition coefficient (Wildman–Crippen LogP) is 3.69. The van der Waals surface area contributed by atoms with Gasteiger partial charge >= 0.3 is 0 Å². The van der Waals surface area contributed by atoms with Gasteiger partial charge in [0.25, 0.3) is 0 Å². The van der Waals surface area contributed by atoms with Crippen molar-refractivity contribution in [2.75, 3.05) is 16.8 Å². The van der Waals surface area contributed by atoms with Gasteiger partial charge in [-0.25, -0.2) is 4.39 Å². The Bertz CT molecular complexity index is 759. The third-order valence-electron chi connectivity index (χ3n) is 3.80. The lowest BCUT2D eigenvalue weighted by Gasteiger charge is -2.25. The topological polar surface area (TPSA) is 49.4 Å². The molecular formula is C19H21FN2O2. The van der Waals surface area contributed by atoms with Crippen LogP contribution in [0.15, 0.2) is 42.5 Å². The summed E-state index contributed by atoms with van der Waals surface area (Å²) in [7, 11) is 0. The average molecular weight is 328 g/mol. The second-order valence-corrected chi connectivity index (χ2v) is 5.57. The van der Waals surface area contributed by atoms with E-state index in [4.69, 9.17) is 0 Å². The molecular weight excluding hydrogens is 307 g/mol. The molecule has 2 rings (SSSR count). The molecule has 0 unspecified atom stereocenters. The second-order valence-electron chi connectivity index (χ2n) is 5.57. The highest BCUT2D eigenvalue weighted by Crippen LogP contribution is 2.26. The fraction of sp³-hybridized carbons (Fsp3) is 0.263. The number of hydrogen-bond acceptors (Lipinski definition) is 2. The summed E-state index contributed by atoms with van der Waals surface area (Å²) in [6.07, 6.45) is 0.746. The molecule has 126 valence electrons. The van der Waals surface area contributed by atoms with Crippen LogP contribution in [0.4, 0.5) is 15.8 Å². The molecule has 0 heterocycles. The van der Waals surface area contributed by atoms with E-state index in [1.807, 2.05) is 32.0 Å². The Labute approximate surface area is 141 Å². The van der Waals surface area contributed by atoms with Crippen LogP contribution in [-0.4, -0.2) is 18.4 Å². The van der Waals surface area contributed by atoms with Gasteiger partial charge < -0.3 is 10.2 Å². The molecule has 24 heavy (non-hydrogen) atoms. The number of benzene rings is 2. The number of carbonyl (C=O) groups is 2. The van der Waals surface area contributed by atoms with Gasteiger partial charge in [-0.1, -0.05) is 37.3 Å². The van der Waals surface area contributed by atoms with Crippen molar-refractivity contribution >= 4 is 23.2 Å². The molecule has 0 bridgehead atoms. The molecule has 1 N–H and O–H groups in total. The third kappa shape index (κ3) is 3.98. The summed E-state index contributed by atoms with van der Waals surface area (Å²) in [5.41, 5.74) is 2.76. The third-order valence-corrected chi connectivity index (χ3v) is 3.80. The summed E-state index contributed by atoms with van der Waals surface area (Å²) < 4.78 is 13.7. The smallest absolute Gasteiger partial charge is 0.244 e. The first kappa shape index (κ1) is 17.7. The maximum absolute atomic E-state index is 13.7. The first-order valence-electron chi connectivity index (χ1n) is 7.85. The van der Waals surface area contributed by atoms with Crippen molar-refractivity contribution in [3.63, 3.8) is 0 Å². The van der Waals surface area contributed by atoms with E-state index in [0.29, 0.717) is 0 Å². The Morgan fingerprint density at radius 3 is 2.46 bits per heavy atom. The van der Waals surface area contributed by atoms with Crippen molar-refractivity contribution in [2.24, 2.45) is 0 Å². The Morgan fingerprint density at radius 2 is 1.83 bits per heavy atom. The second kappa shape index (κ2) is 7.73. The van der Waals surface area contributed by atoms with Gasteiger partial charge in [0.05, 0.1) is 11.4 Å². The SMILES string of the molecule is CCc1cccc(C)c1N(CC(=O)Nc1ccccc1F)C(C)=O. The van der Waals surface area contributed by atoms with E-state index in [2.05, 4.69) is 5.32 Å². The standard InChI is InChI=1S/C19H21FN2O2/c1-4-15-9-7-8-13(2)19(15)22(14(3)23)12-18(24)21-17-11-6-5-10-16(17)20/h5-11H,4,12H2,1-3H3,(H,21,24). The van der Waals surface area contributed by atoms with Crippen LogP contribution < -0.4 is 10.2 Å². The van der Waals surface area contributed by atoms with Gasteiger partial charge in [-0.05, 0) is 36.6 Å². The Kier molecular flexibility index (Phi) is 5.68. The van der Waals surface area contributed by atoms with Crippen LogP contribution in [0.5, 0.6) is 0 Å². The minimum Gasteiger partial charge on any atom is -0.322 e. The van der Waals surface area contributed by atoms with Gasteiger partial charge in [-0.15, -0.1) is 0 Å². The van der Waals surface area contributed by atoms with Crippen molar-refractivity contribution in [1.29, 1.82) is 0 Å². The molecule has 2 aromatic carbocycles.